The summed E-state index contributed by atoms with van der Waals surface area (Å²) in [6.45, 7) is 16.7. The molecule has 0 bridgehead atoms. The van der Waals surface area contributed by atoms with Gasteiger partial charge in [-0.15, -0.1) is 0 Å². The van der Waals surface area contributed by atoms with Gasteiger partial charge in [0, 0.05) is 0 Å². The highest BCUT2D eigenvalue weighted by molar-refractivity contribution is 5.34. The topological polar surface area (TPSA) is 20.2 Å². The normalized spacial score (nSPS) is 41.6. The Balaban J connectivity index is 0.00000256. The van der Waals surface area contributed by atoms with E-state index < -0.39 is 0 Å². The third-order valence-corrected chi connectivity index (χ3v) is 10.5. The quantitative estimate of drug-likeness (QED) is 0.448. The van der Waals surface area contributed by atoms with Gasteiger partial charge in [-0.3, -0.25) is 0 Å². The molecule has 7 atom stereocenters. The van der Waals surface area contributed by atoms with E-state index in [1.54, 1.807) is 0 Å². The second-order valence-corrected chi connectivity index (χ2v) is 12.2. The van der Waals surface area contributed by atoms with Crippen LogP contribution >= 0.6 is 0 Å². The summed E-state index contributed by atoms with van der Waals surface area (Å²) in [4.78, 5) is 0. The summed E-state index contributed by atoms with van der Waals surface area (Å²) in [6.07, 6.45) is 14.1. The van der Waals surface area contributed by atoms with Crippen molar-refractivity contribution < 1.29 is 5.11 Å². The van der Waals surface area contributed by atoms with Crippen LogP contribution in [0.2, 0.25) is 0 Å². The molecule has 0 saturated heterocycles. The molecule has 30 heavy (non-hydrogen) atoms. The van der Waals surface area contributed by atoms with Crippen molar-refractivity contribution in [3.8, 4) is 0 Å². The van der Waals surface area contributed by atoms with Crippen LogP contribution < -0.4 is 0 Å². The first kappa shape index (κ1) is 24.1. The summed E-state index contributed by atoms with van der Waals surface area (Å²) < 4.78 is 0. The summed E-state index contributed by atoms with van der Waals surface area (Å²) in [5, 5.41) is 10.2. The first-order chi connectivity index (χ1) is 13.7. The van der Waals surface area contributed by atoms with Crippen molar-refractivity contribution in [1.29, 1.82) is 0 Å². The molecule has 4 aliphatic carbocycles. The van der Waals surface area contributed by atoms with Crippen LogP contribution in [0.1, 0.15) is 113 Å². The Morgan fingerprint density at radius 2 is 1.80 bits per heavy atom. The molecule has 0 aromatic rings. The van der Waals surface area contributed by atoms with Gasteiger partial charge in [0.05, 0.1) is 6.10 Å². The van der Waals surface area contributed by atoms with E-state index in [0.29, 0.717) is 16.7 Å². The molecule has 0 amide bonds. The Morgan fingerprint density at radius 3 is 2.50 bits per heavy atom. The highest BCUT2D eigenvalue weighted by atomic mass is 16.3. The Morgan fingerprint density at radius 1 is 1.07 bits per heavy atom. The lowest BCUT2D eigenvalue weighted by atomic mass is 9.50. The SMILES string of the molecule is C.C=C(CCC(C)C1CCC2C3=C(CCC21C)C1(C)CCC(O)CC1CC3)C(C)C. The van der Waals surface area contributed by atoms with Crippen LogP contribution in [-0.4, -0.2) is 11.2 Å². The van der Waals surface area contributed by atoms with Gasteiger partial charge in [-0.05, 0) is 111 Å². The van der Waals surface area contributed by atoms with E-state index in [2.05, 4.69) is 41.2 Å². The minimum absolute atomic E-state index is 0. The lowest BCUT2D eigenvalue weighted by Crippen LogP contribution is -2.45. The largest absolute Gasteiger partial charge is 0.393 e. The van der Waals surface area contributed by atoms with E-state index in [1.165, 1.54) is 63.4 Å². The smallest absolute Gasteiger partial charge is 0.0543 e. The number of allylic oxidation sites excluding steroid dienone is 3. The molecule has 0 radical (unpaired) electrons. The van der Waals surface area contributed by atoms with Crippen LogP contribution in [0, 0.1) is 40.4 Å². The molecule has 1 nitrogen and oxygen atoms in total. The summed E-state index contributed by atoms with van der Waals surface area (Å²) in [5.74, 6) is 3.91. The molecule has 0 spiro atoms. The number of hydrogen-bond acceptors (Lipinski definition) is 1. The van der Waals surface area contributed by atoms with Crippen molar-refractivity contribution in [1.82, 2.24) is 0 Å². The Hall–Kier alpha value is -0.560. The van der Waals surface area contributed by atoms with Crippen molar-refractivity contribution >= 4 is 0 Å². The zero-order chi connectivity index (χ0) is 21.0. The second kappa shape index (κ2) is 8.76. The highest BCUT2D eigenvalue weighted by Crippen LogP contribution is 2.66. The van der Waals surface area contributed by atoms with Crippen LogP contribution in [0.3, 0.4) is 0 Å². The molecule has 4 rings (SSSR count). The van der Waals surface area contributed by atoms with Crippen LogP contribution in [0.15, 0.2) is 23.3 Å². The van der Waals surface area contributed by atoms with Crippen LogP contribution in [0.4, 0.5) is 0 Å². The molecule has 7 unspecified atom stereocenters. The predicted octanol–water partition coefficient (Wildman–Crippen LogP) is 8.34. The number of aliphatic hydroxyl groups is 1. The van der Waals surface area contributed by atoms with Gasteiger partial charge in [-0.25, -0.2) is 0 Å². The molecular formula is C29H50O. The zero-order valence-corrected chi connectivity index (χ0v) is 19.9. The Bertz CT molecular complexity index is 672. The fourth-order valence-corrected chi connectivity index (χ4v) is 8.32. The fourth-order valence-electron chi connectivity index (χ4n) is 8.32. The maximum Gasteiger partial charge on any atom is 0.0543 e. The summed E-state index contributed by atoms with van der Waals surface area (Å²) >= 11 is 0. The van der Waals surface area contributed by atoms with E-state index in [4.69, 9.17) is 0 Å². The standard InChI is InChI=1S/C28H46O.CH4/c1-18(2)19(3)7-8-20(4)24-11-12-25-23-10-9-21-17-22(29)13-15-27(21,5)26(23)14-16-28(24,25)6;/h18,20-22,24-25,29H,3,7-17H2,1-2,4-6H3;1H4. The van der Waals surface area contributed by atoms with Crippen molar-refractivity contribution in [2.75, 3.05) is 0 Å². The summed E-state index contributed by atoms with van der Waals surface area (Å²) in [6, 6.07) is 0. The minimum atomic E-state index is -0.0404. The average Bonchev–Trinajstić information content (AvgIpc) is 3.03. The van der Waals surface area contributed by atoms with Crippen molar-refractivity contribution in [3.63, 3.8) is 0 Å². The lowest BCUT2D eigenvalue weighted by molar-refractivity contribution is 0.0133. The van der Waals surface area contributed by atoms with Crippen LogP contribution in [0.25, 0.3) is 0 Å². The van der Waals surface area contributed by atoms with Gasteiger partial charge in [0.1, 0.15) is 0 Å². The average molecular weight is 415 g/mol. The summed E-state index contributed by atoms with van der Waals surface area (Å²) in [7, 11) is 0. The maximum atomic E-state index is 10.2. The maximum absolute atomic E-state index is 10.2. The van der Waals surface area contributed by atoms with E-state index in [0.717, 1.165) is 36.5 Å². The number of rotatable bonds is 5. The molecular weight excluding hydrogens is 364 g/mol. The molecule has 172 valence electrons. The molecule has 2 fully saturated rings. The van der Waals surface area contributed by atoms with Crippen molar-refractivity contribution in [2.45, 2.75) is 119 Å². The van der Waals surface area contributed by atoms with Gasteiger partial charge in [0.25, 0.3) is 0 Å². The fraction of sp³-hybridized carbons (Fsp3) is 0.862. The number of aliphatic hydroxyl groups excluding tert-OH is 1. The first-order valence-corrected chi connectivity index (χ1v) is 12.7. The molecule has 0 aliphatic heterocycles. The first-order valence-electron chi connectivity index (χ1n) is 12.7. The molecule has 0 heterocycles. The predicted molar refractivity (Wildman–Crippen MR) is 130 cm³/mol. The molecule has 1 heteroatoms. The van der Waals surface area contributed by atoms with Gasteiger partial charge in [-0.1, -0.05) is 65.3 Å². The van der Waals surface area contributed by atoms with Crippen molar-refractivity contribution in [2.24, 2.45) is 40.4 Å². The minimum Gasteiger partial charge on any atom is -0.393 e. The molecule has 2 saturated carbocycles. The van der Waals surface area contributed by atoms with Crippen LogP contribution in [-0.2, 0) is 0 Å². The van der Waals surface area contributed by atoms with E-state index in [-0.39, 0.29) is 13.5 Å². The van der Waals surface area contributed by atoms with Gasteiger partial charge < -0.3 is 5.11 Å². The van der Waals surface area contributed by atoms with E-state index in [9.17, 15) is 5.11 Å². The number of hydrogen-bond donors (Lipinski definition) is 1. The van der Waals surface area contributed by atoms with E-state index in [1.807, 2.05) is 11.1 Å². The Kier molecular flexibility index (Phi) is 7.03. The lowest BCUT2D eigenvalue weighted by Gasteiger charge is -2.55. The third kappa shape index (κ3) is 3.87. The summed E-state index contributed by atoms with van der Waals surface area (Å²) in [5.41, 5.74) is 6.12. The second-order valence-electron chi connectivity index (χ2n) is 12.2. The molecule has 1 N–H and O–H groups in total. The van der Waals surface area contributed by atoms with E-state index >= 15 is 0 Å². The zero-order valence-electron chi connectivity index (χ0n) is 19.9. The molecule has 0 aromatic heterocycles. The van der Waals surface area contributed by atoms with Gasteiger partial charge in [0.2, 0.25) is 0 Å². The van der Waals surface area contributed by atoms with Crippen molar-refractivity contribution in [3.05, 3.63) is 23.3 Å². The highest BCUT2D eigenvalue weighted by Gasteiger charge is 2.55. The monoisotopic (exact) mass is 414 g/mol. The molecule has 0 aromatic carbocycles. The van der Waals surface area contributed by atoms with Gasteiger partial charge in [-0.2, -0.15) is 0 Å². The molecule has 4 aliphatic rings. The van der Waals surface area contributed by atoms with Crippen LogP contribution in [0.5, 0.6) is 0 Å². The Labute approximate surface area is 187 Å². The third-order valence-electron chi connectivity index (χ3n) is 10.5. The van der Waals surface area contributed by atoms with Gasteiger partial charge in [0.15, 0.2) is 0 Å². The number of fused-ring (bicyclic) bond motifs is 4. The van der Waals surface area contributed by atoms with Gasteiger partial charge >= 0.3 is 0 Å².